The molecule has 1 N–H and O–H groups in total. The molecule has 7 nitrogen and oxygen atoms in total. The standard InChI is InChI=1S/C18H23N7S/c1-13-11-26-18(22-13)23-17-16(19-5-6-20-17)14-3-7-25(8-4-14)10-15-9-24(2)12-21-15/h5-6,9,11-12,14H,3-4,7-8,10H2,1-2H3,(H,20,22,23). The van der Waals surface area contributed by atoms with Crippen molar-refractivity contribution in [3.63, 3.8) is 0 Å². The number of piperidine rings is 1. The third-order valence-electron chi connectivity index (χ3n) is 4.69. The molecule has 0 aromatic carbocycles. The van der Waals surface area contributed by atoms with Crippen LogP contribution in [-0.2, 0) is 13.6 Å². The van der Waals surface area contributed by atoms with Gasteiger partial charge >= 0.3 is 0 Å². The van der Waals surface area contributed by atoms with Gasteiger partial charge in [-0.3, -0.25) is 9.88 Å². The molecule has 1 fully saturated rings. The number of aromatic nitrogens is 5. The minimum Gasteiger partial charge on any atom is -0.340 e. The number of hydrogen-bond acceptors (Lipinski definition) is 7. The predicted molar refractivity (Wildman–Crippen MR) is 103 cm³/mol. The van der Waals surface area contributed by atoms with Crippen molar-refractivity contribution in [2.24, 2.45) is 7.05 Å². The molecule has 1 aliphatic rings. The van der Waals surface area contributed by atoms with Crippen LogP contribution in [0.25, 0.3) is 0 Å². The molecule has 0 saturated carbocycles. The fraction of sp³-hybridized carbons (Fsp3) is 0.444. The number of aryl methyl sites for hydroxylation is 2. The first-order valence-electron chi connectivity index (χ1n) is 8.86. The summed E-state index contributed by atoms with van der Waals surface area (Å²) in [6.07, 6.45) is 9.64. The number of thiazole rings is 1. The lowest BCUT2D eigenvalue weighted by molar-refractivity contribution is 0.201. The van der Waals surface area contributed by atoms with Crippen molar-refractivity contribution in [2.75, 3.05) is 18.4 Å². The van der Waals surface area contributed by atoms with Crippen LogP contribution in [-0.4, -0.2) is 42.5 Å². The van der Waals surface area contributed by atoms with Crippen LogP contribution in [0.15, 0.2) is 30.3 Å². The molecule has 1 saturated heterocycles. The molecule has 8 heteroatoms. The average molecular weight is 369 g/mol. The molecule has 0 radical (unpaired) electrons. The van der Waals surface area contributed by atoms with Crippen molar-refractivity contribution in [3.8, 4) is 0 Å². The van der Waals surface area contributed by atoms with E-state index in [-0.39, 0.29) is 0 Å². The van der Waals surface area contributed by atoms with E-state index in [4.69, 9.17) is 0 Å². The number of nitrogens with zero attached hydrogens (tertiary/aromatic N) is 6. The highest BCUT2D eigenvalue weighted by Gasteiger charge is 2.25. The molecule has 3 aromatic heterocycles. The van der Waals surface area contributed by atoms with Gasteiger partial charge in [0.1, 0.15) is 0 Å². The van der Waals surface area contributed by atoms with Gasteiger partial charge in [-0.05, 0) is 32.9 Å². The summed E-state index contributed by atoms with van der Waals surface area (Å²) in [6, 6.07) is 0. The Morgan fingerprint density at radius 1 is 1.19 bits per heavy atom. The molecule has 0 unspecified atom stereocenters. The lowest BCUT2D eigenvalue weighted by Crippen LogP contribution is -2.33. The Hall–Kier alpha value is -2.32. The molecular weight excluding hydrogens is 346 g/mol. The van der Waals surface area contributed by atoms with Gasteiger partial charge < -0.3 is 9.88 Å². The van der Waals surface area contributed by atoms with Gasteiger partial charge in [0.15, 0.2) is 10.9 Å². The molecule has 3 aromatic rings. The molecule has 0 bridgehead atoms. The molecule has 0 aliphatic carbocycles. The first-order valence-corrected chi connectivity index (χ1v) is 9.74. The Balaban J connectivity index is 1.41. The van der Waals surface area contributed by atoms with Crippen LogP contribution in [0.3, 0.4) is 0 Å². The van der Waals surface area contributed by atoms with Crippen molar-refractivity contribution >= 4 is 22.3 Å². The maximum Gasteiger partial charge on any atom is 0.188 e. The Morgan fingerprint density at radius 2 is 2.00 bits per heavy atom. The first-order chi connectivity index (χ1) is 12.7. The van der Waals surface area contributed by atoms with E-state index >= 15 is 0 Å². The summed E-state index contributed by atoms with van der Waals surface area (Å²) in [5, 5.41) is 6.26. The summed E-state index contributed by atoms with van der Waals surface area (Å²) in [4.78, 5) is 20.5. The van der Waals surface area contributed by atoms with Crippen molar-refractivity contribution in [3.05, 3.63) is 47.4 Å². The largest absolute Gasteiger partial charge is 0.340 e. The van der Waals surface area contributed by atoms with Crippen molar-refractivity contribution < 1.29 is 0 Å². The number of nitrogens with one attached hydrogen (secondary N) is 1. The summed E-state index contributed by atoms with van der Waals surface area (Å²) in [5.41, 5.74) is 3.20. The van der Waals surface area contributed by atoms with Gasteiger partial charge in [0, 0.05) is 43.5 Å². The molecule has 0 atom stereocenters. The number of rotatable bonds is 5. The number of anilines is 2. The van der Waals surface area contributed by atoms with Crippen LogP contribution in [0.1, 0.15) is 35.8 Å². The number of likely N-dealkylation sites (tertiary alicyclic amines) is 1. The van der Waals surface area contributed by atoms with Gasteiger partial charge in [0.2, 0.25) is 0 Å². The van der Waals surface area contributed by atoms with Crippen LogP contribution in [0, 0.1) is 6.92 Å². The first kappa shape index (κ1) is 17.1. The minimum absolute atomic E-state index is 0.423. The second kappa shape index (κ2) is 7.51. The monoisotopic (exact) mass is 369 g/mol. The van der Waals surface area contributed by atoms with Gasteiger partial charge in [0.25, 0.3) is 0 Å². The van der Waals surface area contributed by atoms with E-state index in [9.17, 15) is 0 Å². The Morgan fingerprint density at radius 3 is 2.69 bits per heavy atom. The fourth-order valence-electron chi connectivity index (χ4n) is 3.40. The van der Waals surface area contributed by atoms with Crippen LogP contribution in [0.2, 0.25) is 0 Å². The second-order valence-electron chi connectivity index (χ2n) is 6.79. The quantitative estimate of drug-likeness (QED) is 0.745. The van der Waals surface area contributed by atoms with E-state index < -0.39 is 0 Å². The third kappa shape index (κ3) is 3.91. The van der Waals surface area contributed by atoms with E-state index in [0.29, 0.717) is 5.92 Å². The van der Waals surface area contributed by atoms with Gasteiger partial charge in [-0.2, -0.15) is 0 Å². The van der Waals surface area contributed by atoms with E-state index in [1.54, 1.807) is 23.7 Å². The average Bonchev–Trinajstić information content (AvgIpc) is 3.24. The van der Waals surface area contributed by atoms with E-state index in [1.807, 2.05) is 30.2 Å². The van der Waals surface area contributed by atoms with Crippen molar-refractivity contribution in [1.29, 1.82) is 0 Å². The van der Waals surface area contributed by atoms with Crippen LogP contribution in [0.4, 0.5) is 10.9 Å². The second-order valence-corrected chi connectivity index (χ2v) is 7.65. The van der Waals surface area contributed by atoms with Gasteiger partial charge in [0.05, 0.1) is 23.4 Å². The molecule has 0 spiro atoms. The van der Waals surface area contributed by atoms with E-state index in [1.165, 1.54) is 0 Å². The lowest BCUT2D eigenvalue weighted by atomic mass is 9.93. The summed E-state index contributed by atoms with van der Waals surface area (Å²) < 4.78 is 2.00. The Bertz CT molecular complexity index is 864. The SMILES string of the molecule is Cc1csc(Nc2nccnc2C2CCN(Cc3cn(C)cn3)CC2)n1. The fourth-order valence-corrected chi connectivity index (χ4v) is 4.09. The highest BCUT2D eigenvalue weighted by atomic mass is 32.1. The summed E-state index contributed by atoms with van der Waals surface area (Å²) >= 11 is 1.60. The molecular formula is C18H23N7S. The van der Waals surface area contributed by atoms with Crippen molar-refractivity contribution in [1.82, 2.24) is 29.4 Å². The predicted octanol–water partition coefficient (Wildman–Crippen LogP) is 3.10. The van der Waals surface area contributed by atoms with Crippen molar-refractivity contribution in [2.45, 2.75) is 32.2 Å². The maximum atomic E-state index is 4.64. The minimum atomic E-state index is 0.423. The number of hydrogen-bond donors (Lipinski definition) is 1. The molecule has 4 heterocycles. The third-order valence-corrected chi connectivity index (χ3v) is 5.56. The zero-order valence-electron chi connectivity index (χ0n) is 15.1. The highest BCUT2D eigenvalue weighted by Crippen LogP contribution is 2.32. The summed E-state index contributed by atoms with van der Waals surface area (Å²) in [6.45, 7) is 5.01. The van der Waals surface area contributed by atoms with E-state index in [0.717, 1.165) is 60.5 Å². The molecule has 4 rings (SSSR count). The molecule has 26 heavy (non-hydrogen) atoms. The zero-order chi connectivity index (χ0) is 17.9. The normalized spacial score (nSPS) is 16.1. The number of imidazole rings is 1. The van der Waals surface area contributed by atoms with Gasteiger partial charge in [-0.1, -0.05) is 0 Å². The Kier molecular flexibility index (Phi) is 4.94. The smallest absolute Gasteiger partial charge is 0.188 e. The van der Waals surface area contributed by atoms with Crippen LogP contribution < -0.4 is 5.32 Å². The summed E-state index contributed by atoms with van der Waals surface area (Å²) in [5.74, 6) is 1.26. The highest BCUT2D eigenvalue weighted by molar-refractivity contribution is 7.13. The maximum absolute atomic E-state index is 4.64. The summed E-state index contributed by atoms with van der Waals surface area (Å²) in [7, 11) is 2.01. The van der Waals surface area contributed by atoms with Crippen LogP contribution >= 0.6 is 11.3 Å². The van der Waals surface area contributed by atoms with Gasteiger partial charge in [-0.15, -0.1) is 11.3 Å². The molecule has 1 aliphatic heterocycles. The van der Waals surface area contributed by atoms with E-state index in [2.05, 4.69) is 36.3 Å². The molecule has 0 amide bonds. The topological polar surface area (TPSA) is 71.8 Å². The lowest BCUT2D eigenvalue weighted by Gasteiger charge is -2.31. The van der Waals surface area contributed by atoms with Crippen LogP contribution in [0.5, 0.6) is 0 Å². The Labute approximate surface area is 157 Å². The zero-order valence-corrected chi connectivity index (χ0v) is 15.9. The molecule has 136 valence electrons. The van der Waals surface area contributed by atoms with Gasteiger partial charge in [-0.25, -0.2) is 15.0 Å².